The van der Waals surface area contributed by atoms with Crippen molar-refractivity contribution >= 4 is 15.8 Å². The molecule has 0 aromatic carbocycles. The Kier molecular flexibility index (Phi) is 2.07. The molecule has 1 aromatic heterocycles. The minimum atomic E-state index is -3.29. The topological polar surface area (TPSA) is 99.1 Å². The number of nitrogens with two attached hydrogens (primary N) is 1. The normalized spacial score (nSPS) is 13.2. The lowest BCUT2D eigenvalue weighted by Gasteiger charge is -2.16. The van der Waals surface area contributed by atoms with E-state index >= 15 is 0 Å². The van der Waals surface area contributed by atoms with Crippen LogP contribution in [0.1, 0.15) is 19.7 Å². The van der Waals surface area contributed by atoms with Crippen LogP contribution < -0.4 is 5.73 Å². The van der Waals surface area contributed by atoms with E-state index in [0.29, 0.717) is 0 Å². The second-order valence-electron chi connectivity index (χ2n) is 3.24. The molecule has 0 saturated carbocycles. The second-order valence-corrected chi connectivity index (χ2v) is 5.81. The predicted molar refractivity (Wildman–Crippen MR) is 46.6 cm³/mol. The third-order valence-corrected chi connectivity index (χ3v) is 3.91. The largest absolute Gasteiger partial charge is 0.365 e. The highest BCUT2D eigenvalue weighted by Gasteiger charge is 2.38. The van der Waals surface area contributed by atoms with Crippen molar-refractivity contribution in [3.8, 4) is 0 Å². The first kappa shape index (κ1) is 9.97. The molecule has 7 heteroatoms. The van der Waals surface area contributed by atoms with E-state index in [-0.39, 0.29) is 11.8 Å². The third-order valence-electron chi connectivity index (χ3n) is 1.88. The second kappa shape index (κ2) is 2.69. The molecule has 1 heterocycles. The molecule has 0 aliphatic carbocycles. The fourth-order valence-corrected chi connectivity index (χ4v) is 1.04. The fraction of sp³-hybridized carbons (Fsp3) is 0.667. The minimum Gasteiger partial charge on any atom is -0.365 e. The van der Waals surface area contributed by atoms with Crippen LogP contribution in [0.2, 0.25) is 0 Å². The summed E-state index contributed by atoms with van der Waals surface area (Å²) < 4.78 is 26.1. The monoisotopic (exact) mass is 205 g/mol. The lowest BCUT2D eigenvalue weighted by atomic mass is 10.2. The molecular formula is C6H11N3O3S. The molecule has 0 unspecified atom stereocenters. The van der Waals surface area contributed by atoms with E-state index in [1.165, 1.54) is 13.8 Å². The van der Waals surface area contributed by atoms with Gasteiger partial charge in [0.25, 0.3) is 5.95 Å². The molecule has 6 nitrogen and oxygen atoms in total. The van der Waals surface area contributed by atoms with E-state index in [4.69, 9.17) is 10.3 Å². The summed E-state index contributed by atoms with van der Waals surface area (Å²) in [5.41, 5.74) is 5.21. The van der Waals surface area contributed by atoms with Crippen LogP contribution in [0.4, 0.5) is 5.95 Å². The van der Waals surface area contributed by atoms with Gasteiger partial charge in [0.2, 0.25) is 5.89 Å². The van der Waals surface area contributed by atoms with Crippen LogP contribution in [0.3, 0.4) is 0 Å². The maximum atomic E-state index is 11.3. The van der Waals surface area contributed by atoms with E-state index in [1.54, 1.807) is 0 Å². The number of aromatic nitrogens is 2. The molecule has 0 saturated heterocycles. The van der Waals surface area contributed by atoms with Gasteiger partial charge in [-0.15, -0.1) is 0 Å². The van der Waals surface area contributed by atoms with Crippen molar-refractivity contribution in [1.82, 2.24) is 10.1 Å². The third kappa shape index (κ3) is 1.64. The van der Waals surface area contributed by atoms with Crippen LogP contribution in [0.15, 0.2) is 4.52 Å². The Labute approximate surface area is 76.0 Å². The number of nitrogens with zero attached hydrogens (tertiary/aromatic N) is 2. The maximum absolute atomic E-state index is 11.3. The zero-order chi connectivity index (χ0) is 10.3. The quantitative estimate of drug-likeness (QED) is 0.725. The molecule has 2 N–H and O–H groups in total. The van der Waals surface area contributed by atoms with Gasteiger partial charge in [-0.1, -0.05) is 0 Å². The highest BCUT2D eigenvalue weighted by molar-refractivity contribution is 7.91. The van der Waals surface area contributed by atoms with Gasteiger partial charge in [0, 0.05) is 6.26 Å². The first-order valence-electron chi connectivity index (χ1n) is 3.54. The summed E-state index contributed by atoms with van der Waals surface area (Å²) in [6, 6.07) is 0. The molecule has 0 fully saturated rings. The van der Waals surface area contributed by atoms with Crippen LogP contribution in [-0.2, 0) is 14.6 Å². The summed E-state index contributed by atoms with van der Waals surface area (Å²) in [7, 11) is -3.29. The van der Waals surface area contributed by atoms with E-state index in [9.17, 15) is 8.42 Å². The van der Waals surface area contributed by atoms with Crippen LogP contribution in [-0.4, -0.2) is 24.8 Å². The average Bonchev–Trinajstić information content (AvgIpc) is 2.33. The molecule has 74 valence electrons. The van der Waals surface area contributed by atoms with Gasteiger partial charge >= 0.3 is 0 Å². The summed E-state index contributed by atoms with van der Waals surface area (Å²) in [6.07, 6.45) is 1.10. The number of anilines is 1. The summed E-state index contributed by atoms with van der Waals surface area (Å²) in [6.45, 7) is 2.96. The van der Waals surface area contributed by atoms with E-state index < -0.39 is 14.6 Å². The maximum Gasteiger partial charge on any atom is 0.260 e. The molecule has 1 rings (SSSR count). The Morgan fingerprint density at radius 3 is 2.31 bits per heavy atom. The predicted octanol–water partition coefficient (Wildman–Crippen LogP) is -0.0685. The van der Waals surface area contributed by atoms with Crippen LogP contribution >= 0.6 is 0 Å². The molecule has 0 aliphatic heterocycles. The van der Waals surface area contributed by atoms with E-state index in [1.807, 2.05) is 0 Å². The Hall–Kier alpha value is -1.11. The molecule has 0 aliphatic rings. The number of rotatable bonds is 2. The molecule has 0 radical (unpaired) electrons. The van der Waals surface area contributed by atoms with Crippen molar-refractivity contribution in [2.75, 3.05) is 12.0 Å². The summed E-state index contributed by atoms with van der Waals surface area (Å²) in [4.78, 5) is 3.67. The highest BCUT2D eigenvalue weighted by Crippen LogP contribution is 2.27. The number of hydrogen-bond acceptors (Lipinski definition) is 6. The number of hydrogen-bond donors (Lipinski definition) is 1. The molecule has 0 atom stereocenters. The SMILES string of the molecule is CC(C)(c1nc(N)no1)S(C)(=O)=O. The van der Waals surface area contributed by atoms with E-state index in [0.717, 1.165) is 6.26 Å². The van der Waals surface area contributed by atoms with Gasteiger partial charge in [0.15, 0.2) is 9.84 Å². The van der Waals surface area contributed by atoms with Crippen molar-refractivity contribution < 1.29 is 12.9 Å². The Bertz CT molecular complexity index is 407. The average molecular weight is 205 g/mol. The number of nitrogen functional groups attached to an aromatic ring is 1. The van der Waals surface area contributed by atoms with Crippen LogP contribution in [0.25, 0.3) is 0 Å². The van der Waals surface area contributed by atoms with Gasteiger partial charge < -0.3 is 10.3 Å². The van der Waals surface area contributed by atoms with Crippen molar-refractivity contribution in [1.29, 1.82) is 0 Å². The standard InChI is InChI=1S/C6H11N3O3S/c1-6(2,13(3,10)11)4-8-5(7)9-12-4/h1-3H3,(H2,7,9). The van der Waals surface area contributed by atoms with Crippen molar-refractivity contribution in [2.45, 2.75) is 18.6 Å². The minimum absolute atomic E-state index is 0.00694. The lowest BCUT2D eigenvalue weighted by molar-refractivity contribution is 0.348. The first-order valence-corrected chi connectivity index (χ1v) is 5.43. The number of sulfone groups is 1. The van der Waals surface area contributed by atoms with Gasteiger partial charge in [-0.2, -0.15) is 4.98 Å². The summed E-state index contributed by atoms with van der Waals surface area (Å²) in [5.74, 6) is -0.0563. The molecule has 1 aromatic rings. The van der Waals surface area contributed by atoms with Gasteiger partial charge in [0.1, 0.15) is 4.75 Å². The Balaban J connectivity index is 3.23. The molecular weight excluding hydrogens is 194 g/mol. The highest BCUT2D eigenvalue weighted by atomic mass is 32.2. The molecule has 13 heavy (non-hydrogen) atoms. The molecule has 0 spiro atoms. The zero-order valence-corrected chi connectivity index (χ0v) is 8.42. The Morgan fingerprint density at radius 1 is 1.46 bits per heavy atom. The van der Waals surface area contributed by atoms with Crippen LogP contribution in [0.5, 0.6) is 0 Å². The summed E-state index contributed by atoms with van der Waals surface area (Å²) >= 11 is 0. The molecule has 0 amide bonds. The van der Waals surface area contributed by atoms with Crippen molar-refractivity contribution in [3.63, 3.8) is 0 Å². The zero-order valence-electron chi connectivity index (χ0n) is 7.60. The van der Waals surface area contributed by atoms with Gasteiger partial charge in [0.05, 0.1) is 0 Å². The Morgan fingerprint density at radius 2 is 2.00 bits per heavy atom. The molecule has 0 bridgehead atoms. The summed E-state index contributed by atoms with van der Waals surface area (Å²) in [5, 5.41) is 3.32. The van der Waals surface area contributed by atoms with Crippen molar-refractivity contribution in [2.24, 2.45) is 0 Å². The lowest BCUT2D eigenvalue weighted by Crippen LogP contribution is -2.28. The first-order chi connectivity index (χ1) is 5.75. The van der Waals surface area contributed by atoms with E-state index in [2.05, 4.69) is 10.1 Å². The van der Waals surface area contributed by atoms with Gasteiger partial charge in [-0.3, -0.25) is 0 Å². The van der Waals surface area contributed by atoms with Gasteiger partial charge in [-0.25, -0.2) is 8.42 Å². The fourth-order valence-electron chi connectivity index (χ4n) is 0.638. The van der Waals surface area contributed by atoms with Crippen LogP contribution in [0, 0.1) is 0 Å². The smallest absolute Gasteiger partial charge is 0.260 e. The van der Waals surface area contributed by atoms with Gasteiger partial charge in [-0.05, 0) is 19.0 Å². The van der Waals surface area contributed by atoms with Crippen molar-refractivity contribution in [3.05, 3.63) is 5.89 Å².